The van der Waals surface area contributed by atoms with E-state index in [1.54, 1.807) is 6.07 Å². The predicted molar refractivity (Wildman–Crippen MR) is 76.0 cm³/mol. The van der Waals surface area contributed by atoms with Gasteiger partial charge >= 0.3 is 12.6 Å². The van der Waals surface area contributed by atoms with Crippen LogP contribution in [-0.2, 0) is 16.1 Å². The molecule has 0 heterocycles. The highest BCUT2D eigenvalue weighted by Crippen LogP contribution is 2.30. The van der Waals surface area contributed by atoms with E-state index in [0.29, 0.717) is 5.56 Å². The molecule has 1 fully saturated rings. The molecule has 0 amide bonds. The Morgan fingerprint density at radius 3 is 2.59 bits per heavy atom. The van der Waals surface area contributed by atoms with Crippen LogP contribution in [0, 0.1) is 5.92 Å². The van der Waals surface area contributed by atoms with Gasteiger partial charge in [0.1, 0.15) is 6.61 Å². The van der Waals surface area contributed by atoms with E-state index >= 15 is 0 Å². The van der Waals surface area contributed by atoms with Gasteiger partial charge in [0.25, 0.3) is 0 Å². The summed E-state index contributed by atoms with van der Waals surface area (Å²) in [5.41, 5.74) is 0.669. The van der Waals surface area contributed by atoms with Crippen LogP contribution in [-0.4, -0.2) is 19.7 Å². The third-order valence-corrected chi connectivity index (χ3v) is 3.76. The topological polar surface area (TPSA) is 44.8 Å². The highest BCUT2D eigenvalue weighted by atomic mass is 19.3. The van der Waals surface area contributed by atoms with Crippen LogP contribution < -0.4 is 9.47 Å². The summed E-state index contributed by atoms with van der Waals surface area (Å²) in [6.07, 6.45) is 5.06. The van der Waals surface area contributed by atoms with E-state index in [0.717, 1.165) is 25.7 Å². The van der Waals surface area contributed by atoms with Gasteiger partial charge in [-0.25, -0.2) is 0 Å². The number of methoxy groups -OCH3 is 1. The van der Waals surface area contributed by atoms with Crippen molar-refractivity contribution >= 4 is 5.97 Å². The average molecular weight is 314 g/mol. The Bertz CT molecular complexity index is 499. The summed E-state index contributed by atoms with van der Waals surface area (Å²) < 4.78 is 39.2. The van der Waals surface area contributed by atoms with Crippen LogP contribution in [0.15, 0.2) is 18.2 Å². The van der Waals surface area contributed by atoms with Crippen molar-refractivity contribution in [1.29, 1.82) is 0 Å². The molecule has 0 N–H and O–H groups in total. The van der Waals surface area contributed by atoms with Gasteiger partial charge in [-0.05, 0) is 30.5 Å². The number of ether oxygens (including phenoxy) is 3. The fraction of sp³-hybridized carbons (Fsp3) is 0.562. The molecule has 0 aliphatic heterocycles. The number of carbonyl (C=O) groups is 1. The van der Waals surface area contributed by atoms with Crippen molar-refractivity contribution in [3.63, 3.8) is 0 Å². The second-order valence-electron chi connectivity index (χ2n) is 5.31. The first kappa shape index (κ1) is 16.5. The molecule has 122 valence electrons. The summed E-state index contributed by atoms with van der Waals surface area (Å²) >= 11 is 0. The van der Waals surface area contributed by atoms with Crippen molar-refractivity contribution < 1.29 is 27.8 Å². The van der Waals surface area contributed by atoms with Crippen molar-refractivity contribution in [2.45, 2.75) is 45.3 Å². The second-order valence-corrected chi connectivity index (χ2v) is 5.31. The lowest BCUT2D eigenvalue weighted by molar-refractivity contribution is -0.151. The number of rotatable bonds is 6. The summed E-state index contributed by atoms with van der Waals surface area (Å²) in [5, 5.41) is 0. The van der Waals surface area contributed by atoms with Gasteiger partial charge in [0.15, 0.2) is 11.5 Å². The molecule has 1 aromatic carbocycles. The highest BCUT2D eigenvalue weighted by molar-refractivity contribution is 5.72. The molecule has 2 rings (SSSR count). The minimum Gasteiger partial charge on any atom is -0.493 e. The van der Waals surface area contributed by atoms with Crippen LogP contribution in [0.4, 0.5) is 8.78 Å². The van der Waals surface area contributed by atoms with E-state index in [4.69, 9.17) is 9.47 Å². The fourth-order valence-electron chi connectivity index (χ4n) is 2.61. The standard InChI is InChI=1S/C16H20F2O4/c1-20-14-9-11(7-8-13(14)22-16(17)18)10-21-15(19)12-5-3-2-4-6-12/h7-9,12,16H,2-6,10H2,1H3. The van der Waals surface area contributed by atoms with Gasteiger partial charge in [-0.2, -0.15) is 8.78 Å². The molecule has 0 spiro atoms. The minimum atomic E-state index is -2.91. The first-order valence-corrected chi connectivity index (χ1v) is 7.38. The highest BCUT2D eigenvalue weighted by Gasteiger charge is 2.22. The maximum atomic E-state index is 12.3. The lowest BCUT2D eigenvalue weighted by Gasteiger charge is -2.20. The third kappa shape index (κ3) is 4.58. The van der Waals surface area contributed by atoms with Crippen molar-refractivity contribution in [1.82, 2.24) is 0 Å². The Morgan fingerprint density at radius 2 is 1.95 bits per heavy atom. The van der Waals surface area contributed by atoms with Crippen molar-refractivity contribution in [2.24, 2.45) is 5.92 Å². The second kappa shape index (κ2) is 7.96. The Hall–Kier alpha value is -1.85. The molecule has 1 aliphatic carbocycles. The maximum absolute atomic E-state index is 12.3. The zero-order valence-electron chi connectivity index (χ0n) is 12.5. The number of alkyl halides is 2. The molecule has 0 radical (unpaired) electrons. The van der Waals surface area contributed by atoms with Crippen LogP contribution >= 0.6 is 0 Å². The monoisotopic (exact) mass is 314 g/mol. The minimum absolute atomic E-state index is 0.0166. The van der Waals surface area contributed by atoms with Crippen LogP contribution in [0.5, 0.6) is 11.5 Å². The molecule has 4 nitrogen and oxygen atoms in total. The first-order chi connectivity index (χ1) is 10.6. The third-order valence-electron chi connectivity index (χ3n) is 3.76. The Kier molecular flexibility index (Phi) is 5.98. The summed E-state index contributed by atoms with van der Waals surface area (Å²) in [5.74, 6) is -0.0602. The zero-order chi connectivity index (χ0) is 15.9. The van der Waals surface area contributed by atoms with E-state index < -0.39 is 6.61 Å². The van der Waals surface area contributed by atoms with Crippen molar-refractivity contribution in [3.8, 4) is 11.5 Å². The lowest BCUT2D eigenvalue weighted by atomic mass is 9.89. The molecule has 0 saturated heterocycles. The van der Waals surface area contributed by atoms with Crippen LogP contribution in [0.25, 0.3) is 0 Å². The van der Waals surface area contributed by atoms with Crippen LogP contribution in [0.1, 0.15) is 37.7 Å². The summed E-state index contributed by atoms with van der Waals surface area (Å²) in [7, 11) is 1.37. The largest absolute Gasteiger partial charge is 0.493 e. The first-order valence-electron chi connectivity index (χ1n) is 7.38. The van der Waals surface area contributed by atoms with Crippen molar-refractivity contribution in [3.05, 3.63) is 23.8 Å². The normalized spacial score (nSPS) is 15.6. The SMILES string of the molecule is COc1cc(COC(=O)C2CCCCC2)ccc1OC(F)F. The van der Waals surface area contributed by atoms with Crippen molar-refractivity contribution in [2.75, 3.05) is 7.11 Å². The smallest absolute Gasteiger partial charge is 0.387 e. The Balaban J connectivity index is 1.93. The van der Waals surface area contributed by atoms with Gasteiger partial charge in [0.2, 0.25) is 0 Å². The maximum Gasteiger partial charge on any atom is 0.387 e. The number of hydrogen-bond acceptors (Lipinski definition) is 4. The number of halogens is 2. The molecule has 1 aromatic rings. The van der Waals surface area contributed by atoms with Gasteiger partial charge < -0.3 is 14.2 Å². The van der Waals surface area contributed by atoms with E-state index in [-0.39, 0.29) is 30.0 Å². The molecule has 1 aliphatic rings. The number of carbonyl (C=O) groups excluding carboxylic acids is 1. The number of hydrogen-bond donors (Lipinski definition) is 0. The number of esters is 1. The van der Waals surface area contributed by atoms with Gasteiger partial charge in [-0.1, -0.05) is 25.3 Å². The Labute approximate surface area is 128 Å². The summed E-state index contributed by atoms with van der Waals surface area (Å²) in [6.45, 7) is -2.82. The van der Waals surface area contributed by atoms with E-state index in [9.17, 15) is 13.6 Å². The average Bonchev–Trinajstić information content (AvgIpc) is 2.54. The van der Waals surface area contributed by atoms with Crippen LogP contribution in [0.3, 0.4) is 0 Å². The quantitative estimate of drug-likeness (QED) is 0.747. The summed E-state index contributed by atoms with van der Waals surface area (Å²) in [6, 6.07) is 4.50. The van der Waals surface area contributed by atoms with E-state index in [2.05, 4.69) is 4.74 Å². The zero-order valence-corrected chi connectivity index (χ0v) is 12.5. The molecular weight excluding hydrogens is 294 g/mol. The van der Waals surface area contributed by atoms with Gasteiger partial charge in [0, 0.05) is 0 Å². The van der Waals surface area contributed by atoms with Gasteiger partial charge in [0.05, 0.1) is 13.0 Å². The van der Waals surface area contributed by atoms with Crippen LogP contribution in [0.2, 0.25) is 0 Å². The predicted octanol–water partition coefficient (Wildman–Crippen LogP) is 3.92. The molecule has 0 bridgehead atoms. The molecular formula is C16H20F2O4. The van der Waals surface area contributed by atoms with E-state index in [1.165, 1.54) is 25.7 Å². The lowest BCUT2D eigenvalue weighted by Crippen LogP contribution is -2.20. The van der Waals surface area contributed by atoms with Gasteiger partial charge in [-0.3, -0.25) is 4.79 Å². The molecule has 1 saturated carbocycles. The fourth-order valence-corrected chi connectivity index (χ4v) is 2.61. The molecule has 22 heavy (non-hydrogen) atoms. The summed E-state index contributed by atoms with van der Waals surface area (Å²) in [4.78, 5) is 12.0. The number of benzene rings is 1. The molecule has 0 unspecified atom stereocenters. The molecule has 0 atom stereocenters. The Morgan fingerprint density at radius 1 is 1.23 bits per heavy atom. The van der Waals surface area contributed by atoms with Gasteiger partial charge in [-0.15, -0.1) is 0 Å². The van der Waals surface area contributed by atoms with E-state index in [1.807, 2.05) is 0 Å². The molecule has 0 aromatic heterocycles. The molecule has 6 heteroatoms.